The van der Waals surface area contributed by atoms with E-state index in [0.717, 1.165) is 16.3 Å². The quantitative estimate of drug-likeness (QED) is 0.790. The van der Waals surface area contributed by atoms with Gasteiger partial charge in [-0.05, 0) is 23.6 Å². The van der Waals surface area contributed by atoms with E-state index in [1.54, 1.807) is 0 Å². The molecular weight excluding hydrogens is 356 g/mol. The Morgan fingerprint density at radius 1 is 1.29 bits per heavy atom. The second kappa shape index (κ2) is 7.91. The maximum atomic E-state index is 11.8. The van der Waals surface area contributed by atoms with Gasteiger partial charge in [0.15, 0.2) is 0 Å². The lowest BCUT2D eigenvalue weighted by Crippen LogP contribution is -2.40. The molecule has 1 amide bonds. The van der Waals surface area contributed by atoms with E-state index in [0.29, 0.717) is 12.5 Å². The SMILES string of the molecule is CC(C)CNC(=O)CN(Cc1ccc(Br)cc1)S(C)(=O)=O. The van der Waals surface area contributed by atoms with E-state index in [1.807, 2.05) is 38.1 Å². The van der Waals surface area contributed by atoms with Crippen LogP contribution in [0.5, 0.6) is 0 Å². The van der Waals surface area contributed by atoms with Crippen molar-refractivity contribution in [3.05, 3.63) is 34.3 Å². The number of benzene rings is 1. The Balaban J connectivity index is 2.73. The van der Waals surface area contributed by atoms with E-state index >= 15 is 0 Å². The number of amides is 1. The molecule has 1 rings (SSSR count). The van der Waals surface area contributed by atoms with Gasteiger partial charge in [-0.25, -0.2) is 8.42 Å². The molecular formula is C14H21BrN2O3S. The molecule has 118 valence electrons. The zero-order valence-electron chi connectivity index (χ0n) is 12.5. The third-order valence-electron chi connectivity index (χ3n) is 2.77. The predicted molar refractivity (Wildman–Crippen MR) is 87.2 cm³/mol. The van der Waals surface area contributed by atoms with E-state index in [1.165, 1.54) is 4.31 Å². The molecule has 0 fully saturated rings. The normalized spacial score (nSPS) is 11.9. The fourth-order valence-corrected chi connectivity index (χ4v) is 2.62. The first kappa shape index (κ1) is 18.1. The van der Waals surface area contributed by atoms with Gasteiger partial charge in [0.25, 0.3) is 0 Å². The molecule has 1 aromatic carbocycles. The van der Waals surface area contributed by atoms with E-state index < -0.39 is 10.0 Å². The molecule has 0 atom stereocenters. The van der Waals surface area contributed by atoms with Crippen LogP contribution in [-0.2, 0) is 21.4 Å². The van der Waals surface area contributed by atoms with Crippen LogP contribution < -0.4 is 5.32 Å². The van der Waals surface area contributed by atoms with Crippen molar-refractivity contribution in [1.29, 1.82) is 0 Å². The molecule has 0 aliphatic rings. The van der Waals surface area contributed by atoms with Crippen molar-refractivity contribution in [3.8, 4) is 0 Å². The average molecular weight is 377 g/mol. The van der Waals surface area contributed by atoms with Gasteiger partial charge in [-0.15, -0.1) is 0 Å². The highest BCUT2D eigenvalue weighted by Crippen LogP contribution is 2.13. The molecule has 0 saturated heterocycles. The van der Waals surface area contributed by atoms with Gasteiger partial charge < -0.3 is 5.32 Å². The lowest BCUT2D eigenvalue weighted by molar-refractivity contribution is -0.121. The van der Waals surface area contributed by atoms with Gasteiger partial charge in [0.05, 0.1) is 12.8 Å². The standard InChI is InChI=1S/C14H21BrN2O3S/c1-11(2)8-16-14(18)10-17(21(3,19)20)9-12-4-6-13(15)7-5-12/h4-7,11H,8-10H2,1-3H3,(H,16,18). The monoisotopic (exact) mass is 376 g/mol. The van der Waals surface area contributed by atoms with Crippen molar-refractivity contribution in [2.75, 3.05) is 19.3 Å². The molecule has 0 spiro atoms. The molecule has 21 heavy (non-hydrogen) atoms. The van der Waals surface area contributed by atoms with Gasteiger partial charge in [-0.3, -0.25) is 4.79 Å². The van der Waals surface area contributed by atoms with Crippen LogP contribution in [0.25, 0.3) is 0 Å². The van der Waals surface area contributed by atoms with Gasteiger partial charge in [0.2, 0.25) is 15.9 Å². The molecule has 0 bridgehead atoms. The van der Waals surface area contributed by atoms with E-state index in [-0.39, 0.29) is 19.0 Å². The van der Waals surface area contributed by atoms with E-state index in [4.69, 9.17) is 0 Å². The highest BCUT2D eigenvalue weighted by molar-refractivity contribution is 9.10. The molecule has 5 nitrogen and oxygen atoms in total. The van der Waals surface area contributed by atoms with Crippen LogP contribution in [0.3, 0.4) is 0 Å². The highest BCUT2D eigenvalue weighted by Gasteiger charge is 2.20. The van der Waals surface area contributed by atoms with Crippen LogP contribution in [-0.4, -0.2) is 38.0 Å². The zero-order chi connectivity index (χ0) is 16.0. The summed E-state index contributed by atoms with van der Waals surface area (Å²) in [5, 5.41) is 2.73. The minimum atomic E-state index is -3.45. The highest BCUT2D eigenvalue weighted by atomic mass is 79.9. The zero-order valence-corrected chi connectivity index (χ0v) is 14.9. The van der Waals surface area contributed by atoms with Crippen LogP contribution in [0.2, 0.25) is 0 Å². The summed E-state index contributed by atoms with van der Waals surface area (Å²) in [5.41, 5.74) is 0.834. The van der Waals surface area contributed by atoms with Gasteiger partial charge in [-0.1, -0.05) is 41.9 Å². The first-order valence-corrected chi connectivity index (χ1v) is 9.29. The summed E-state index contributed by atoms with van der Waals surface area (Å²) in [4.78, 5) is 11.8. The lowest BCUT2D eigenvalue weighted by atomic mass is 10.2. The number of nitrogens with one attached hydrogen (secondary N) is 1. The Bertz CT molecular complexity index is 570. The number of sulfonamides is 1. The third-order valence-corrected chi connectivity index (χ3v) is 4.49. The number of hydrogen-bond donors (Lipinski definition) is 1. The van der Waals surface area contributed by atoms with Gasteiger partial charge in [-0.2, -0.15) is 4.31 Å². The predicted octanol–water partition coefficient (Wildman–Crippen LogP) is 1.98. The van der Waals surface area contributed by atoms with Crippen LogP contribution in [0.15, 0.2) is 28.7 Å². The fraction of sp³-hybridized carbons (Fsp3) is 0.500. The molecule has 0 aliphatic heterocycles. The summed E-state index contributed by atoms with van der Waals surface area (Å²) in [6.07, 6.45) is 1.11. The maximum absolute atomic E-state index is 11.8. The molecule has 1 N–H and O–H groups in total. The number of carbonyl (C=O) groups excluding carboxylic acids is 1. The van der Waals surface area contributed by atoms with E-state index in [9.17, 15) is 13.2 Å². The largest absolute Gasteiger partial charge is 0.355 e. The van der Waals surface area contributed by atoms with Crippen molar-refractivity contribution >= 4 is 31.9 Å². The lowest BCUT2D eigenvalue weighted by Gasteiger charge is -2.20. The number of carbonyl (C=O) groups is 1. The molecule has 0 radical (unpaired) electrons. The second-order valence-corrected chi connectivity index (χ2v) is 8.25. The van der Waals surface area contributed by atoms with Crippen molar-refractivity contribution in [2.24, 2.45) is 5.92 Å². The smallest absolute Gasteiger partial charge is 0.235 e. The molecule has 0 saturated carbocycles. The van der Waals surface area contributed by atoms with Gasteiger partial charge >= 0.3 is 0 Å². The topological polar surface area (TPSA) is 66.5 Å². The number of hydrogen-bond acceptors (Lipinski definition) is 3. The van der Waals surface area contributed by atoms with Gasteiger partial charge in [0, 0.05) is 17.6 Å². The number of halogens is 1. The third kappa shape index (κ3) is 7.06. The van der Waals surface area contributed by atoms with Crippen LogP contribution in [0.1, 0.15) is 19.4 Å². The molecule has 0 heterocycles. The van der Waals surface area contributed by atoms with Crippen molar-refractivity contribution in [3.63, 3.8) is 0 Å². The maximum Gasteiger partial charge on any atom is 0.235 e. The summed E-state index contributed by atoms with van der Waals surface area (Å²) in [6.45, 7) is 4.52. The molecule has 7 heteroatoms. The minimum Gasteiger partial charge on any atom is -0.355 e. The van der Waals surface area contributed by atoms with Gasteiger partial charge in [0.1, 0.15) is 0 Å². The second-order valence-electron chi connectivity index (χ2n) is 5.36. The summed E-state index contributed by atoms with van der Waals surface area (Å²) >= 11 is 3.33. The van der Waals surface area contributed by atoms with Crippen molar-refractivity contribution in [1.82, 2.24) is 9.62 Å². The van der Waals surface area contributed by atoms with Crippen LogP contribution >= 0.6 is 15.9 Å². The fourth-order valence-electron chi connectivity index (χ4n) is 1.62. The summed E-state index contributed by atoms with van der Waals surface area (Å²) in [5.74, 6) is 0.0401. The Morgan fingerprint density at radius 3 is 2.33 bits per heavy atom. The Morgan fingerprint density at radius 2 is 1.86 bits per heavy atom. The molecule has 1 aromatic rings. The minimum absolute atomic E-state index is 0.165. The van der Waals surface area contributed by atoms with Crippen LogP contribution in [0, 0.1) is 5.92 Å². The molecule has 0 aliphatic carbocycles. The van der Waals surface area contributed by atoms with Crippen molar-refractivity contribution in [2.45, 2.75) is 20.4 Å². The van der Waals surface area contributed by atoms with Crippen molar-refractivity contribution < 1.29 is 13.2 Å². The van der Waals surface area contributed by atoms with E-state index in [2.05, 4.69) is 21.2 Å². The summed E-state index contributed by atoms with van der Waals surface area (Å²) in [6, 6.07) is 7.34. The first-order chi connectivity index (χ1) is 9.68. The Hall–Kier alpha value is -0.920. The van der Waals surface area contributed by atoms with Crippen LogP contribution in [0.4, 0.5) is 0 Å². The number of rotatable bonds is 7. The summed E-state index contributed by atoms with van der Waals surface area (Å²) < 4.78 is 25.7. The molecule has 0 aromatic heterocycles. The Kier molecular flexibility index (Phi) is 6.83. The first-order valence-electron chi connectivity index (χ1n) is 6.64. The Labute approximate surface area is 134 Å². The number of nitrogens with zero attached hydrogens (tertiary/aromatic N) is 1. The summed E-state index contributed by atoms with van der Waals surface area (Å²) in [7, 11) is -3.45. The molecule has 0 unspecified atom stereocenters. The average Bonchev–Trinajstić information content (AvgIpc) is 2.37.